The highest BCUT2D eigenvalue weighted by atomic mass is 32.1. The van der Waals surface area contributed by atoms with Crippen LogP contribution in [-0.4, -0.2) is 9.97 Å². The number of hydrogen-bond donors (Lipinski definition) is 0. The molecule has 0 bridgehead atoms. The van der Waals surface area contributed by atoms with Crippen LogP contribution in [0.1, 0.15) is 21.4 Å². The molecule has 0 aliphatic rings. The maximum absolute atomic E-state index is 4.44. The number of aromatic nitrogens is 2. The van der Waals surface area contributed by atoms with Crippen molar-refractivity contribution in [3.63, 3.8) is 0 Å². The molecule has 0 unspecified atom stereocenters. The molecule has 74 valence electrons. The van der Waals surface area contributed by atoms with E-state index in [2.05, 4.69) is 23.8 Å². The first-order valence-electron chi connectivity index (χ1n) is 4.46. The predicted molar refractivity (Wildman–Crippen MR) is 62.2 cm³/mol. The van der Waals surface area contributed by atoms with E-state index in [9.17, 15) is 0 Å². The zero-order valence-electron chi connectivity index (χ0n) is 8.71. The quantitative estimate of drug-likeness (QED) is 0.741. The van der Waals surface area contributed by atoms with Crippen LogP contribution in [0.15, 0.2) is 0 Å². The number of aryl methyl sites for hydroxylation is 4. The fourth-order valence-corrected chi connectivity index (χ4v) is 3.56. The second kappa shape index (κ2) is 3.44. The lowest BCUT2D eigenvalue weighted by molar-refractivity contribution is 1.19. The highest BCUT2D eigenvalue weighted by Gasteiger charge is 2.13. The van der Waals surface area contributed by atoms with Crippen LogP contribution in [0.25, 0.3) is 9.75 Å². The first kappa shape index (κ1) is 9.80. The van der Waals surface area contributed by atoms with Gasteiger partial charge in [0.1, 0.15) is 0 Å². The Bertz CT molecular complexity index is 424. The van der Waals surface area contributed by atoms with Crippen molar-refractivity contribution in [1.82, 2.24) is 9.97 Å². The molecule has 0 fully saturated rings. The summed E-state index contributed by atoms with van der Waals surface area (Å²) in [6.07, 6.45) is 0. The van der Waals surface area contributed by atoms with Gasteiger partial charge >= 0.3 is 0 Å². The molecule has 0 amide bonds. The second-order valence-electron chi connectivity index (χ2n) is 3.29. The zero-order chi connectivity index (χ0) is 10.3. The maximum Gasteiger partial charge on any atom is 0.0904 e. The van der Waals surface area contributed by atoms with Crippen molar-refractivity contribution in [2.24, 2.45) is 0 Å². The van der Waals surface area contributed by atoms with Gasteiger partial charge in [-0.05, 0) is 27.7 Å². The molecule has 2 rings (SSSR count). The molecule has 0 radical (unpaired) electrons. The van der Waals surface area contributed by atoms with Crippen LogP contribution in [-0.2, 0) is 0 Å². The molecule has 4 heteroatoms. The lowest BCUT2D eigenvalue weighted by Gasteiger charge is -1.93. The van der Waals surface area contributed by atoms with Gasteiger partial charge in [-0.25, -0.2) is 9.97 Å². The standard InChI is InChI=1S/C10H12N2S2/c1-5-9(13-7(3)11-5)10-6(2)12-8(4)14-10/h1-4H3. The Morgan fingerprint density at radius 2 is 1.07 bits per heavy atom. The van der Waals surface area contributed by atoms with Crippen LogP contribution in [0.2, 0.25) is 0 Å². The van der Waals surface area contributed by atoms with Gasteiger partial charge in [0.2, 0.25) is 0 Å². The summed E-state index contributed by atoms with van der Waals surface area (Å²) in [6.45, 7) is 8.22. The Balaban J connectivity index is 2.59. The minimum atomic E-state index is 1.12. The molecule has 2 aromatic heterocycles. The van der Waals surface area contributed by atoms with Crippen LogP contribution in [0.5, 0.6) is 0 Å². The highest BCUT2D eigenvalue weighted by molar-refractivity contribution is 7.22. The Kier molecular flexibility index (Phi) is 2.41. The molecule has 0 spiro atoms. The van der Waals surface area contributed by atoms with E-state index in [4.69, 9.17) is 0 Å². The van der Waals surface area contributed by atoms with Gasteiger partial charge in [0, 0.05) is 0 Å². The summed E-state index contributed by atoms with van der Waals surface area (Å²) in [5.41, 5.74) is 2.25. The molecule has 0 atom stereocenters. The third kappa shape index (κ3) is 1.60. The Labute approximate surface area is 91.7 Å². The minimum absolute atomic E-state index is 1.12. The molecule has 0 saturated carbocycles. The molecule has 0 N–H and O–H groups in total. The van der Waals surface area contributed by atoms with Crippen LogP contribution in [0, 0.1) is 27.7 Å². The summed E-state index contributed by atoms with van der Waals surface area (Å²) in [7, 11) is 0. The predicted octanol–water partition coefficient (Wildman–Crippen LogP) is 3.50. The molecule has 0 aliphatic heterocycles. The maximum atomic E-state index is 4.44. The largest absolute Gasteiger partial charge is 0.246 e. The van der Waals surface area contributed by atoms with E-state index in [0.717, 1.165) is 21.4 Å². The van der Waals surface area contributed by atoms with E-state index in [1.807, 2.05) is 13.8 Å². The SMILES string of the molecule is Cc1nc(C)c(-c2sc(C)nc2C)s1. The highest BCUT2D eigenvalue weighted by Crippen LogP contribution is 2.35. The van der Waals surface area contributed by atoms with Crippen molar-refractivity contribution in [2.45, 2.75) is 27.7 Å². The van der Waals surface area contributed by atoms with E-state index in [0.29, 0.717) is 0 Å². The van der Waals surface area contributed by atoms with Crippen molar-refractivity contribution in [3.8, 4) is 9.75 Å². The van der Waals surface area contributed by atoms with Crippen molar-refractivity contribution < 1.29 is 0 Å². The molecule has 0 saturated heterocycles. The second-order valence-corrected chi connectivity index (χ2v) is 5.70. The Morgan fingerprint density at radius 1 is 0.714 bits per heavy atom. The Morgan fingerprint density at radius 3 is 1.29 bits per heavy atom. The number of rotatable bonds is 1. The van der Waals surface area contributed by atoms with Crippen LogP contribution >= 0.6 is 22.7 Å². The molecule has 0 aliphatic carbocycles. The molecule has 2 nitrogen and oxygen atoms in total. The topological polar surface area (TPSA) is 25.8 Å². The molecule has 2 aromatic rings. The number of thiazole rings is 2. The molecular formula is C10H12N2S2. The minimum Gasteiger partial charge on any atom is -0.246 e. The van der Waals surface area contributed by atoms with E-state index in [-0.39, 0.29) is 0 Å². The first-order chi connectivity index (χ1) is 6.58. The van der Waals surface area contributed by atoms with Crippen LogP contribution < -0.4 is 0 Å². The molecule has 0 aromatic carbocycles. The summed E-state index contributed by atoms with van der Waals surface area (Å²) in [5.74, 6) is 0. The summed E-state index contributed by atoms with van der Waals surface area (Å²) in [5, 5.41) is 2.26. The van der Waals surface area contributed by atoms with Crippen LogP contribution in [0.4, 0.5) is 0 Å². The summed E-state index contributed by atoms with van der Waals surface area (Å²) < 4.78 is 0. The number of nitrogens with zero attached hydrogens (tertiary/aromatic N) is 2. The van der Waals surface area contributed by atoms with Gasteiger partial charge in [0.25, 0.3) is 0 Å². The van der Waals surface area contributed by atoms with Crippen molar-refractivity contribution >= 4 is 22.7 Å². The fraction of sp³-hybridized carbons (Fsp3) is 0.400. The van der Waals surface area contributed by atoms with Crippen molar-refractivity contribution in [3.05, 3.63) is 21.4 Å². The van der Waals surface area contributed by atoms with Gasteiger partial charge in [0.15, 0.2) is 0 Å². The van der Waals surface area contributed by atoms with Gasteiger partial charge in [-0.2, -0.15) is 0 Å². The van der Waals surface area contributed by atoms with E-state index < -0.39 is 0 Å². The summed E-state index contributed by atoms with van der Waals surface area (Å²) in [6, 6.07) is 0. The lowest BCUT2D eigenvalue weighted by Crippen LogP contribution is -1.78. The molecule has 14 heavy (non-hydrogen) atoms. The third-order valence-corrected chi connectivity index (χ3v) is 4.32. The zero-order valence-corrected chi connectivity index (χ0v) is 10.3. The summed E-state index contributed by atoms with van der Waals surface area (Å²) >= 11 is 3.51. The van der Waals surface area contributed by atoms with Crippen molar-refractivity contribution in [1.29, 1.82) is 0 Å². The third-order valence-electron chi connectivity index (χ3n) is 2.01. The summed E-state index contributed by atoms with van der Waals surface area (Å²) in [4.78, 5) is 11.4. The fourth-order valence-electron chi connectivity index (χ4n) is 1.48. The van der Waals surface area contributed by atoms with Crippen molar-refractivity contribution in [2.75, 3.05) is 0 Å². The Hall–Kier alpha value is -0.740. The van der Waals surface area contributed by atoms with E-state index >= 15 is 0 Å². The average molecular weight is 224 g/mol. The van der Waals surface area contributed by atoms with Crippen LogP contribution in [0.3, 0.4) is 0 Å². The van der Waals surface area contributed by atoms with Gasteiger partial charge < -0.3 is 0 Å². The van der Waals surface area contributed by atoms with Gasteiger partial charge in [-0.1, -0.05) is 0 Å². The van der Waals surface area contributed by atoms with Gasteiger partial charge in [-0.3, -0.25) is 0 Å². The van der Waals surface area contributed by atoms with E-state index in [1.54, 1.807) is 22.7 Å². The average Bonchev–Trinajstić information content (AvgIpc) is 2.55. The molecular weight excluding hydrogens is 212 g/mol. The molecule has 2 heterocycles. The first-order valence-corrected chi connectivity index (χ1v) is 6.09. The monoisotopic (exact) mass is 224 g/mol. The lowest BCUT2D eigenvalue weighted by atomic mass is 10.3. The van der Waals surface area contributed by atoms with E-state index in [1.165, 1.54) is 9.75 Å². The number of hydrogen-bond acceptors (Lipinski definition) is 4. The normalized spacial score (nSPS) is 10.9. The smallest absolute Gasteiger partial charge is 0.0904 e. The van der Waals surface area contributed by atoms with Gasteiger partial charge in [0.05, 0.1) is 31.2 Å². The van der Waals surface area contributed by atoms with Gasteiger partial charge in [-0.15, -0.1) is 22.7 Å².